The molecule has 1 aliphatic carbocycles. The summed E-state index contributed by atoms with van der Waals surface area (Å²) in [5.74, 6) is 0.839. The van der Waals surface area contributed by atoms with Gasteiger partial charge in [0.15, 0.2) is 0 Å². The van der Waals surface area contributed by atoms with Gasteiger partial charge in [0.2, 0.25) is 0 Å². The number of hydrogen-bond donors (Lipinski definition) is 1. The molecule has 0 unspecified atom stereocenters. The van der Waals surface area contributed by atoms with Crippen molar-refractivity contribution in [2.75, 3.05) is 18.5 Å². The Labute approximate surface area is 103 Å². The zero-order valence-electron chi connectivity index (χ0n) is 10.5. The molecule has 0 aromatic heterocycles. The average molecular weight is 231 g/mol. The molecule has 17 heavy (non-hydrogen) atoms. The molecule has 3 rings (SSSR count). The van der Waals surface area contributed by atoms with E-state index in [1.165, 1.54) is 24.1 Å². The van der Waals surface area contributed by atoms with Crippen LogP contribution in [-0.2, 0) is 4.74 Å². The van der Waals surface area contributed by atoms with Crippen LogP contribution in [0, 0.1) is 6.92 Å². The van der Waals surface area contributed by atoms with Crippen LogP contribution < -0.4 is 5.32 Å². The van der Waals surface area contributed by atoms with E-state index in [2.05, 4.69) is 30.4 Å². The molecule has 2 fully saturated rings. The standard InChI is InChI=1S/C15H21NO/c1-11-2-5-14(10-15(11)12-3-4-12)16-13-6-8-17-9-7-13/h2,5,10,12-13,16H,3-4,6-9H2,1H3. The van der Waals surface area contributed by atoms with E-state index in [4.69, 9.17) is 4.74 Å². The maximum Gasteiger partial charge on any atom is 0.0485 e. The third-order valence-electron chi connectivity index (χ3n) is 3.89. The van der Waals surface area contributed by atoms with Crippen LogP contribution in [0.15, 0.2) is 18.2 Å². The molecule has 0 radical (unpaired) electrons. The van der Waals surface area contributed by atoms with Crippen molar-refractivity contribution < 1.29 is 4.74 Å². The summed E-state index contributed by atoms with van der Waals surface area (Å²) in [5.41, 5.74) is 4.30. The van der Waals surface area contributed by atoms with Crippen molar-refractivity contribution in [3.8, 4) is 0 Å². The maximum absolute atomic E-state index is 5.39. The van der Waals surface area contributed by atoms with E-state index < -0.39 is 0 Å². The first-order valence-corrected chi connectivity index (χ1v) is 6.78. The molecule has 1 heterocycles. The van der Waals surface area contributed by atoms with Gasteiger partial charge in [-0.2, -0.15) is 0 Å². The van der Waals surface area contributed by atoms with Gasteiger partial charge in [0.25, 0.3) is 0 Å². The van der Waals surface area contributed by atoms with Crippen LogP contribution in [0.3, 0.4) is 0 Å². The predicted octanol–water partition coefficient (Wildman–Crippen LogP) is 3.46. The third-order valence-corrected chi connectivity index (χ3v) is 3.89. The Morgan fingerprint density at radius 3 is 2.59 bits per heavy atom. The fourth-order valence-electron chi connectivity index (χ4n) is 2.64. The van der Waals surface area contributed by atoms with Crippen LogP contribution in [0.4, 0.5) is 5.69 Å². The highest BCUT2D eigenvalue weighted by Crippen LogP contribution is 2.42. The number of nitrogens with one attached hydrogen (secondary N) is 1. The van der Waals surface area contributed by atoms with Crippen molar-refractivity contribution in [3.05, 3.63) is 29.3 Å². The molecule has 2 aliphatic rings. The van der Waals surface area contributed by atoms with Gasteiger partial charge in [-0.15, -0.1) is 0 Å². The summed E-state index contributed by atoms with van der Waals surface area (Å²) in [6.07, 6.45) is 5.02. The normalized spacial score (nSPS) is 21.5. The van der Waals surface area contributed by atoms with E-state index in [9.17, 15) is 0 Å². The van der Waals surface area contributed by atoms with E-state index in [-0.39, 0.29) is 0 Å². The number of hydrogen-bond acceptors (Lipinski definition) is 2. The zero-order valence-corrected chi connectivity index (χ0v) is 10.5. The molecule has 92 valence electrons. The highest BCUT2D eigenvalue weighted by Gasteiger charge is 2.25. The van der Waals surface area contributed by atoms with Crippen molar-refractivity contribution >= 4 is 5.69 Å². The SMILES string of the molecule is Cc1ccc(NC2CCOCC2)cc1C1CC1. The van der Waals surface area contributed by atoms with Gasteiger partial charge in [-0.1, -0.05) is 6.07 Å². The molecule has 0 spiro atoms. The number of ether oxygens (including phenoxy) is 1. The minimum absolute atomic E-state index is 0.596. The summed E-state index contributed by atoms with van der Waals surface area (Å²) in [6, 6.07) is 7.44. The Bertz CT molecular complexity index is 392. The molecule has 1 saturated heterocycles. The second-order valence-corrected chi connectivity index (χ2v) is 5.38. The molecule has 1 aliphatic heterocycles. The summed E-state index contributed by atoms with van der Waals surface area (Å²) < 4.78 is 5.39. The summed E-state index contributed by atoms with van der Waals surface area (Å²) in [4.78, 5) is 0. The Balaban J connectivity index is 1.71. The smallest absolute Gasteiger partial charge is 0.0485 e. The topological polar surface area (TPSA) is 21.3 Å². The lowest BCUT2D eigenvalue weighted by atomic mass is 10.0. The first-order chi connectivity index (χ1) is 8.33. The highest BCUT2D eigenvalue weighted by molar-refractivity contribution is 5.51. The van der Waals surface area contributed by atoms with Crippen LogP contribution in [0.5, 0.6) is 0 Å². The first kappa shape index (κ1) is 11.1. The lowest BCUT2D eigenvalue weighted by molar-refractivity contribution is 0.0904. The minimum Gasteiger partial charge on any atom is -0.382 e. The van der Waals surface area contributed by atoms with Gasteiger partial charge >= 0.3 is 0 Å². The molecule has 1 aromatic rings. The van der Waals surface area contributed by atoms with Crippen molar-refractivity contribution in [3.63, 3.8) is 0 Å². The van der Waals surface area contributed by atoms with Crippen LogP contribution in [0.2, 0.25) is 0 Å². The van der Waals surface area contributed by atoms with Gasteiger partial charge < -0.3 is 10.1 Å². The van der Waals surface area contributed by atoms with Gasteiger partial charge in [-0.25, -0.2) is 0 Å². The summed E-state index contributed by atoms with van der Waals surface area (Å²) in [5, 5.41) is 3.65. The number of rotatable bonds is 3. The van der Waals surface area contributed by atoms with Gasteiger partial charge in [0.05, 0.1) is 0 Å². The number of benzene rings is 1. The molecule has 0 bridgehead atoms. The largest absolute Gasteiger partial charge is 0.382 e. The van der Waals surface area contributed by atoms with Crippen LogP contribution in [0.25, 0.3) is 0 Å². The quantitative estimate of drug-likeness (QED) is 0.860. The predicted molar refractivity (Wildman–Crippen MR) is 70.6 cm³/mol. The van der Waals surface area contributed by atoms with Gasteiger partial charge in [0, 0.05) is 24.9 Å². The molecule has 0 amide bonds. The fourth-order valence-corrected chi connectivity index (χ4v) is 2.64. The van der Waals surface area contributed by atoms with Crippen molar-refractivity contribution in [2.45, 2.75) is 44.6 Å². The highest BCUT2D eigenvalue weighted by atomic mass is 16.5. The second-order valence-electron chi connectivity index (χ2n) is 5.38. The third kappa shape index (κ3) is 2.63. The maximum atomic E-state index is 5.39. The molecular weight excluding hydrogens is 210 g/mol. The number of anilines is 1. The van der Waals surface area contributed by atoms with Gasteiger partial charge in [-0.05, 0) is 61.8 Å². The molecular formula is C15H21NO. The Hall–Kier alpha value is -1.02. The van der Waals surface area contributed by atoms with Crippen molar-refractivity contribution in [2.24, 2.45) is 0 Å². The summed E-state index contributed by atoms with van der Waals surface area (Å²) in [7, 11) is 0. The minimum atomic E-state index is 0.596. The summed E-state index contributed by atoms with van der Waals surface area (Å²) >= 11 is 0. The first-order valence-electron chi connectivity index (χ1n) is 6.78. The monoisotopic (exact) mass is 231 g/mol. The van der Waals surface area contributed by atoms with E-state index in [1.807, 2.05) is 0 Å². The van der Waals surface area contributed by atoms with Crippen LogP contribution in [0.1, 0.15) is 42.7 Å². The molecule has 2 heteroatoms. The van der Waals surface area contributed by atoms with Crippen molar-refractivity contribution in [1.29, 1.82) is 0 Å². The van der Waals surface area contributed by atoms with Crippen molar-refractivity contribution in [1.82, 2.24) is 0 Å². The Kier molecular flexibility index (Phi) is 3.06. The van der Waals surface area contributed by atoms with E-state index in [0.717, 1.165) is 32.0 Å². The zero-order chi connectivity index (χ0) is 11.7. The summed E-state index contributed by atoms with van der Waals surface area (Å²) in [6.45, 7) is 4.03. The van der Waals surface area contributed by atoms with E-state index >= 15 is 0 Å². The molecule has 2 nitrogen and oxygen atoms in total. The Morgan fingerprint density at radius 2 is 1.88 bits per heavy atom. The number of aryl methyl sites for hydroxylation is 1. The lowest BCUT2D eigenvalue weighted by Crippen LogP contribution is -2.27. The Morgan fingerprint density at radius 1 is 1.12 bits per heavy atom. The molecule has 1 aromatic carbocycles. The van der Waals surface area contributed by atoms with Gasteiger partial charge in [-0.3, -0.25) is 0 Å². The van der Waals surface area contributed by atoms with E-state index in [1.54, 1.807) is 5.56 Å². The van der Waals surface area contributed by atoms with E-state index in [0.29, 0.717) is 6.04 Å². The lowest BCUT2D eigenvalue weighted by Gasteiger charge is -2.24. The molecule has 0 atom stereocenters. The van der Waals surface area contributed by atoms with Crippen LogP contribution >= 0.6 is 0 Å². The molecule has 1 N–H and O–H groups in total. The average Bonchev–Trinajstić information content (AvgIpc) is 3.17. The molecule has 1 saturated carbocycles. The van der Waals surface area contributed by atoms with Crippen LogP contribution in [-0.4, -0.2) is 19.3 Å². The van der Waals surface area contributed by atoms with Gasteiger partial charge in [0.1, 0.15) is 0 Å². The second kappa shape index (κ2) is 4.69. The fraction of sp³-hybridized carbons (Fsp3) is 0.600.